The zero-order valence-corrected chi connectivity index (χ0v) is 10.7. The molecule has 1 aliphatic carbocycles. The van der Waals surface area contributed by atoms with E-state index >= 15 is 0 Å². The molecular weight excluding hydrogens is 202 g/mol. The summed E-state index contributed by atoms with van der Waals surface area (Å²) >= 11 is 0. The molecule has 1 unspecified atom stereocenters. The van der Waals surface area contributed by atoms with Crippen molar-refractivity contribution in [2.24, 2.45) is 0 Å². The van der Waals surface area contributed by atoms with Crippen molar-refractivity contribution in [1.82, 2.24) is 5.32 Å². The maximum Gasteiger partial charge on any atom is 0.0771 e. The van der Waals surface area contributed by atoms with Crippen LogP contribution in [0.5, 0.6) is 0 Å². The summed E-state index contributed by atoms with van der Waals surface area (Å²) in [6, 6.07) is 0.691. The number of aliphatic hydroxyl groups excluding tert-OH is 1. The lowest BCUT2D eigenvalue weighted by atomic mass is 9.93. The van der Waals surface area contributed by atoms with Crippen molar-refractivity contribution in [3.63, 3.8) is 0 Å². The summed E-state index contributed by atoms with van der Waals surface area (Å²) in [6.07, 6.45) is 6.79. The number of hydrogen-bond acceptors (Lipinski definition) is 3. The minimum Gasteiger partial charge on any atom is -0.391 e. The molecule has 0 aromatic rings. The van der Waals surface area contributed by atoms with Gasteiger partial charge in [0.2, 0.25) is 0 Å². The Morgan fingerprint density at radius 3 is 2.50 bits per heavy atom. The van der Waals surface area contributed by atoms with Gasteiger partial charge in [-0.15, -0.1) is 0 Å². The highest BCUT2D eigenvalue weighted by Gasteiger charge is 2.21. The second-order valence-electron chi connectivity index (χ2n) is 4.82. The molecule has 16 heavy (non-hydrogen) atoms. The Kier molecular flexibility index (Phi) is 7.01. The molecule has 0 amide bonds. The molecule has 96 valence electrons. The van der Waals surface area contributed by atoms with Crippen LogP contribution in [0.2, 0.25) is 0 Å². The third-order valence-corrected chi connectivity index (χ3v) is 3.35. The fourth-order valence-electron chi connectivity index (χ4n) is 2.15. The van der Waals surface area contributed by atoms with Crippen LogP contribution in [0.15, 0.2) is 0 Å². The first kappa shape index (κ1) is 13.9. The number of nitrogens with one attached hydrogen (secondary N) is 1. The van der Waals surface area contributed by atoms with Gasteiger partial charge in [-0.1, -0.05) is 13.8 Å². The van der Waals surface area contributed by atoms with E-state index in [2.05, 4.69) is 12.2 Å². The molecule has 1 atom stereocenters. The highest BCUT2D eigenvalue weighted by Crippen LogP contribution is 2.21. The number of ether oxygens (including phenoxy) is 1. The minimum atomic E-state index is -0.282. The lowest BCUT2D eigenvalue weighted by Crippen LogP contribution is -2.36. The van der Waals surface area contributed by atoms with Gasteiger partial charge in [-0.25, -0.2) is 0 Å². The first-order valence-corrected chi connectivity index (χ1v) is 6.79. The Bertz CT molecular complexity index is 167. The molecule has 0 spiro atoms. The van der Waals surface area contributed by atoms with Crippen molar-refractivity contribution in [1.29, 1.82) is 0 Å². The summed E-state index contributed by atoms with van der Waals surface area (Å²) in [5.41, 5.74) is 0. The molecule has 0 bridgehead atoms. The Morgan fingerprint density at radius 2 is 1.94 bits per heavy atom. The van der Waals surface area contributed by atoms with Gasteiger partial charge < -0.3 is 15.2 Å². The summed E-state index contributed by atoms with van der Waals surface area (Å²) < 4.78 is 5.71. The van der Waals surface area contributed by atoms with Crippen LogP contribution < -0.4 is 5.32 Å². The molecule has 0 aromatic carbocycles. The number of hydrogen-bond donors (Lipinski definition) is 2. The molecule has 0 radical (unpaired) electrons. The monoisotopic (exact) mass is 229 g/mol. The van der Waals surface area contributed by atoms with Crippen LogP contribution in [0.3, 0.4) is 0 Å². The molecular formula is C13H27NO2. The average Bonchev–Trinajstić information content (AvgIpc) is 2.34. The molecule has 3 heteroatoms. The molecule has 0 aromatic heterocycles. The van der Waals surface area contributed by atoms with Crippen molar-refractivity contribution in [3.8, 4) is 0 Å². The lowest BCUT2D eigenvalue weighted by molar-refractivity contribution is -0.0275. The molecule has 3 nitrogen and oxygen atoms in total. The second-order valence-corrected chi connectivity index (χ2v) is 4.82. The summed E-state index contributed by atoms with van der Waals surface area (Å²) in [6.45, 7) is 5.83. The predicted octanol–water partition coefficient (Wildman–Crippen LogP) is 2.08. The molecule has 1 rings (SSSR count). The topological polar surface area (TPSA) is 41.5 Å². The fourth-order valence-corrected chi connectivity index (χ4v) is 2.15. The Morgan fingerprint density at radius 1 is 1.25 bits per heavy atom. The Labute approximate surface area is 99.6 Å². The van der Waals surface area contributed by atoms with Gasteiger partial charge in [0, 0.05) is 6.04 Å². The summed E-state index contributed by atoms with van der Waals surface area (Å²) in [4.78, 5) is 0. The van der Waals surface area contributed by atoms with E-state index < -0.39 is 0 Å². The van der Waals surface area contributed by atoms with Crippen LogP contribution >= 0.6 is 0 Å². The van der Waals surface area contributed by atoms with Gasteiger partial charge in [-0.05, 0) is 45.1 Å². The highest BCUT2D eigenvalue weighted by molar-refractivity contribution is 4.77. The maximum atomic E-state index is 9.42. The quantitative estimate of drug-likeness (QED) is 0.702. The third kappa shape index (κ3) is 5.28. The molecule has 1 saturated carbocycles. The Hall–Kier alpha value is -0.120. The van der Waals surface area contributed by atoms with Gasteiger partial charge >= 0.3 is 0 Å². The van der Waals surface area contributed by atoms with Crippen molar-refractivity contribution >= 4 is 0 Å². The van der Waals surface area contributed by atoms with E-state index in [0.29, 0.717) is 18.8 Å². The van der Waals surface area contributed by atoms with Gasteiger partial charge in [0.25, 0.3) is 0 Å². The molecule has 2 N–H and O–H groups in total. The summed E-state index contributed by atoms with van der Waals surface area (Å²) in [7, 11) is 0. The van der Waals surface area contributed by atoms with Gasteiger partial charge in [0.05, 0.1) is 18.8 Å². The van der Waals surface area contributed by atoms with E-state index in [1.54, 1.807) is 0 Å². The molecule has 1 fully saturated rings. The first-order chi connectivity index (χ1) is 7.76. The first-order valence-electron chi connectivity index (χ1n) is 6.79. The van der Waals surface area contributed by atoms with Crippen LogP contribution in [0.25, 0.3) is 0 Å². The highest BCUT2D eigenvalue weighted by atomic mass is 16.5. The predicted molar refractivity (Wildman–Crippen MR) is 66.6 cm³/mol. The molecule has 1 aliphatic rings. The van der Waals surface area contributed by atoms with Crippen molar-refractivity contribution in [3.05, 3.63) is 0 Å². The van der Waals surface area contributed by atoms with Gasteiger partial charge in [-0.3, -0.25) is 0 Å². The Balaban J connectivity index is 2.07. The van der Waals surface area contributed by atoms with Crippen LogP contribution in [-0.4, -0.2) is 36.5 Å². The third-order valence-electron chi connectivity index (χ3n) is 3.35. The fraction of sp³-hybridized carbons (Fsp3) is 1.00. The van der Waals surface area contributed by atoms with Gasteiger partial charge in [-0.2, -0.15) is 0 Å². The van der Waals surface area contributed by atoms with Gasteiger partial charge in [0.15, 0.2) is 0 Å². The van der Waals surface area contributed by atoms with E-state index in [1.165, 1.54) is 19.3 Å². The van der Waals surface area contributed by atoms with E-state index in [-0.39, 0.29) is 6.10 Å². The summed E-state index contributed by atoms with van der Waals surface area (Å²) in [5.74, 6) is 0. The van der Waals surface area contributed by atoms with Crippen LogP contribution in [0.4, 0.5) is 0 Å². The number of aliphatic hydroxyl groups is 1. The van der Waals surface area contributed by atoms with Crippen molar-refractivity contribution in [2.75, 3.05) is 13.2 Å². The van der Waals surface area contributed by atoms with Crippen LogP contribution in [-0.2, 0) is 4.74 Å². The maximum absolute atomic E-state index is 9.42. The van der Waals surface area contributed by atoms with E-state index in [0.717, 1.165) is 25.8 Å². The SMILES string of the molecule is CCCNC1CCC(OCC(O)CC)CC1. The largest absolute Gasteiger partial charge is 0.391 e. The zero-order valence-electron chi connectivity index (χ0n) is 10.7. The standard InChI is InChI=1S/C13H27NO2/c1-3-9-14-11-5-7-13(8-6-11)16-10-12(15)4-2/h11-15H,3-10H2,1-2H3. The van der Waals surface area contributed by atoms with Crippen molar-refractivity contribution < 1.29 is 9.84 Å². The minimum absolute atomic E-state index is 0.282. The summed E-state index contributed by atoms with van der Waals surface area (Å²) in [5, 5.41) is 13.0. The molecule has 0 saturated heterocycles. The number of rotatable bonds is 7. The van der Waals surface area contributed by atoms with E-state index in [9.17, 15) is 5.11 Å². The second kappa shape index (κ2) is 8.04. The van der Waals surface area contributed by atoms with Crippen molar-refractivity contribution in [2.45, 2.75) is 70.6 Å². The zero-order chi connectivity index (χ0) is 11.8. The molecule has 0 heterocycles. The molecule has 0 aliphatic heterocycles. The lowest BCUT2D eigenvalue weighted by Gasteiger charge is -2.29. The normalized spacial score (nSPS) is 27.9. The van der Waals surface area contributed by atoms with E-state index in [4.69, 9.17) is 4.74 Å². The van der Waals surface area contributed by atoms with Gasteiger partial charge in [0.1, 0.15) is 0 Å². The van der Waals surface area contributed by atoms with E-state index in [1.807, 2.05) is 6.92 Å². The van der Waals surface area contributed by atoms with Crippen LogP contribution in [0, 0.1) is 0 Å². The average molecular weight is 229 g/mol. The van der Waals surface area contributed by atoms with Crippen LogP contribution in [0.1, 0.15) is 52.4 Å². The smallest absolute Gasteiger partial charge is 0.0771 e.